The van der Waals surface area contributed by atoms with Crippen LogP contribution in [0.3, 0.4) is 0 Å². The molecule has 0 radical (unpaired) electrons. The van der Waals surface area contributed by atoms with Gasteiger partial charge in [0, 0.05) is 15.4 Å². The molecule has 1 aliphatic rings. The number of benzene rings is 1. The molecule has 1 aliphatic carbocycles. The SMILES string of the molecule is COC(=O)C1=C(C(=O)OC)C(C(=O)OC)C(c2cc(Br)c3ccccc3n2)=C1C(=O)OC. The molecule has 0 fully saturated rings. The molecule has 0 amide bonds. The number of nitrogens with zero attached hydrogens (tertiary/aromatic N) is 1. The summed E-state index contributed by atoms with van der Waals surface area (Å²) in [5.74, 6) is -5.35. The minimum absolute atomic E-state index is 0.0315. The average Bonchev–Trinajstić information content (AvgIpc) is 3.18. The monoisotopic (exact) mass is 503 g/mol. The fraction of sp³-hybridized carbons (Fsp3) is 0.227. The molecule has 0 N–H and O–H groups in total. The number of halogens is 1. The maximum atomic E-state index is 12.8. The van der Waals surface area contributed by atoms with Crippen molar-refractivity contribution in [1.29, 1.82) is 0 Å². The smallest absolute Gasteiger partial charge is 0.339 e. The molecule has 1 aromatic carbocycles. The van der Waals surface area contributed by atoms with Crippen LogP contribution in [0.25, 0.3) is 16.5 Å². The Morgan fingerprint density at radius 1 is 0.844 bits per heavy atom. The summed E-state index contributed by atoms with van der Waals surface area (Å²) in [5.41, 5.74) is -0.494. The molecule has 0 aliphatic heterocycles. The topological polar surface area (TPSA) is 118 Å². The maximum Gasteiger partial charge on any atom is 0.339 e. The highest BCUT2D eigenvalue weighted by Crippen LogP contribution is 2.45. The van der Waals surface area contributed by atoms with Crippen LogP contribution >= 0.6 is 15.9 Å². The molecule has 32 heavy (non-hydrogen) atoms. The summed E-state index contributed by atoms with van der Waals surface area (Å²) in [6.07, 6.45) is 0. The second-order valence-electron chi connectivity index (χ2n) is 6.51. The van der Waals surface area contributed by atoms with Crippen molar-refractivity contribution < 1.29 is 38.1 Å². The van der Waals surface area contributed by atoms with E-state index >= 15 is 0 Å². The van der Waals surface area contributed by atoms with Gasteiger partial charge in [0.25, 0.3) is 0 Å². The van der Waals surface area contributed by atoms with Gasteiger partial charge in [-0.15, -0.1) is 0 Å². The van der Waals surface area contributed by atoms with Crippen LogP contribution in [-0.4, -0.2) is 57.3 Å². The van der Waals surface area contributed by atoms with Crippen molar-refractivity contribution in [3.05, 3.63) is 57.2 Å². The summed E-state index contributed by atoms with van der Waals surface area (Å²) in [6, 6.07) is 8.74. The van der Waals surface area contributed by atoms with Crippen LogP contribution in [0.5, 0.6) is 0 Å². The highest BCUT2D eigenvalue weighted by atomic mass is 79.9. The predicted molar refractivity (Wildman–Crippen MR) is 115 cm³/mol. The Hall–Kier alpha value is -3.53. The van der Waals surface area contributed by atoms with Crippen LogP contribution in [0.15, 0.2) is 51.5 Å². The first-order valence-corrected chi connectivity index (χ1v) is 9.97. The van der Waals surface area contributed by atoms with Crippen molar-refractivity contribution in [2.75, 3.05) is 28.4 Å². The van der Waals surface area contributed by atoms with Gasteiger partial charge in [0.2, 0.25) is 0 Å². The van der Waals surface area contributed by atoms with Crippen LogP contribution in [0, 0.1) is 5.92 Å². The lowest BCUT2D eigenvalue weighted by Gasteiger charge is -2.17. The molecule has 3 rings (SSSR count). The lowest BCUT2D eigenvalue weighted by Crippen LogP contribution is -2.25. The zero-order valence-corrected chi connectivity index (χ0v) is 19.1. The summed E-state index contributed by atoms with van der Waals surface area (Å²) < 4.78 is 20.0. The van der Waals surface area contributed by atoms with Gasteiger partial charge in [0.05, 0.1) is 56.4 Å². The molecule has 1 aromatic heterocycles. The van der Waals surface area contributed by atoms with Crippen LogP contribution in [0.4, 0.5) is 0 Å². The number of ether oxygens (including phenoxy) is 4. The largest absolute Gasteiger partial charge is 0.468 e. The number of methoxy groups -OCH3 is 4. The van der Waals surface area contributed by atoms with Crippen molar-refractivity contribution in [1.82, 2.24) is 4.98 Å². The van der Waals surface area contributed by atoms with Gasteiger partial charge in [-0.1, -0.05) is 34.1 Å². The molecule has 166 valence electrons. The number of hydrogen-bond donors (Lipinski definition) is 0. The van der Waals surface area contributed by atoms with E-state index in [1.807, 2.05) is 12.1 Å². The van der Waals surface area contributed by atoms with Crippen LogP contribution in [-0.2, 0) is 38.1 Å². The summed E-state index contributed by atoms with van der Waals surface area (Å²) in [4.78, 5) is 55.6. The second-order valence-corrected chi connectivity index (χ2v) is 7.37. The van der Waals surface area contributed by atoms with E-state index in [-0.39, 0.29) is 16.8 Å². The summed E-state index contributed by atoms with van der Waals surface area (Å²) in [7, 11) is 4.38. The van der Waals surface area contributed by atoms with Gasteiger partial charge in [-0.3, -0.25) is 4.79 Å². The van der Waals surface area contributed by atoms with Crippen LogP contribution in [0.2, 0.25) is 0 Å². The molecule has 0 bridgehead atoms. The number of fused-ring (bicyclic) bond motifs is 1. The van der Waals surface area contributed by atoms with Gasteiger partial charge in [0.1, 0.15) is 5.92 Å². The molecular formula is C22H18BrNO8. The molecule has 0 spiro atoms. The van der Waals surface area contributed by atoms with Gasteiger partial charge in [0.15, 0.2) is 0 Å². The maximum absolute atomic E-state index is 12.8. The fourth-order valence-corrected chi connectivity index (χ4v) is 4.11. The minimum atomic E-state index is -1.48. The van der Waals surface area contributed by atoms with E-state index in [1.54, 1.807) is 18.2 Å². The lowest BCUT2D eigenvalue weighted by atomic mass is 9.91. The van der Waals surface area contributed by atoms with E-state index < -0.39 is 40.9 Å². The van der Waals surface area contributed by atoms with Gasteiger partial charge in [-0.05, 0) is 12.1 Å². The number of carbonyl (C=O) groups is 4. The van der Waals surface area contributed by atoms with Gasteiger partial charge < -0.3 is 18.9 Å². The Bertz CT molecular complexity index is 1210. The third-order valence-electron chi connectivity index (χ3n) is 4.93. The first-order valence-electron chi connectivity index (χ1n) is 9.17. The zero-order chi connectivity index (χ0) is 23.6. The Morgan fingerprint density at radius 2 is 1.44 bits per heavy atom. The Labute approximate surface area is 191 Å². The Morgan fingerprint density at radius 3 is 2.03 bits per heavy atom. The minimum Gasteiger partial charge on any atom is -0.468 e. The highest BCUT2D eigenvalue weighted by Gasteiger charge is 2.49. The van der Waals surface area contributed by atoms with Crippen LogP contribution < -0.4 is 0 Å². The highest BCUT2D eigenvalue weighted by molar-refractivity contribution is 9.10. The fourth-order valence-electron chi connectivity index (χ4n) is 3.56. The number of esters is 4. The molecule has 10 heteroatoms. The Balaban J connectivity index is 2.46. The Kier molecular flexibility index (Phi) is 6.73. The third kappa shape index (κ3) is 3.77. The molecule has 1 atom stereocenters. The van der Waals surface area contributed by atoms with Gasteiger partial charge in [-0.2, -0.15) is 0 Å². The zero-order valence-electron chi connectivity index (χ0n) is 17.6. The van der Waals surface area contributed by atoms with Crippen molar-refractivity contribution in [2.24, 2.45) is 5.92 Å². The molecule has 0 saturated carbocycles. The number of rotatable bonds is 5. The average molecular weight is 504 g/mol. The third-order valence-corrected chi connectivity index (χ3v) is 5.58. The number of carbonyl (C=O) groups excluding carboxylic acids is 4. The van der Waals surface area contributed by atoms with Crippen molar-refractivity contribution >= 4 is 56.3 Å². The molecule has 9 nitrogen and oxygen atoms in total. The summed E-state index contributed by atoms with van der Waals surface area (Å²) in [6.45, 7) is 0. The van der Waals surface area contributed by atoms with E-state index in [9.17, 15) is 19.2 Å². The van der Waals surface area contributed by atoms with Crippen molar-refractivity contribution in [3.8, 4) is 0 Å². The van der Waals surface area contributed by atoms with Crippen molar-refractivity contribution in [3.63, 3.8) is 0 Å². The molecule has 0 saturated heterocycles. The molecule has 1 unspecified atom stereocenters. The number of aromatic nitrogens is 1. The van der Waals surface area contributed by atoms with E-state index in [1.165, 1.54) is 0 Å². The van der Waals surface area contributed by atoms with Crippen LogP contribution in [0.1, 0.15) is 5.69 Å². The van der Waals surface area contributed by atoms with E-state index in [4.69, 9.17) is 18.9 Å². The van der Waals surface area contributed by atoms with Crippen molar-refractivity contribution in [2.45, 2.75) is 0 Å². The standard InChI is InChI=1S/C22H18BrNO8/c1-29-19(25)15-14(13-9-11(23)10-7-5-6-8-12(10)24-13)16(20(26)30-2)18(22(28)32-4)17(15)21(27)31-3/h5-9,15H,1-4H3. The summed E-state index contributed by atoms with van der Waals surface area (Å²) >= 11 is 3.47. The first kappa shape index (κ1) is 23.1. The number of hydrogen-bond acceptors (Lipinski definition) is 9. The molecule has 2 aromatic rings. The predicted octanol–water partition coefficient (Wildman–Crippen LogP) is 2.37. The van der Waals surface area contributed by atoms with Gasteiger partial charge >= 0.3 is 23.9 Å². The molecular weight excluding hydrogens is 486 g/mol. The summed E-state index contributed by atoms with van der Waals surface area (Å²) in [5, 5.41) is 0.776. The molecule has 1 heterocycles. The second kappa shape index (κ2) is 9.31. The van der Waals surface area contributed by atoms with Gasteiger partial charge in [-0.25, -0.2) is 19.4 Å². The quantitative estimate of drug-likeness (QED) is 0.447. The van der Waals surface area contributed by atoms with E-state index in [0.717, 1.165) is 33.8 Å². The van der Waals surface area contributed by atoms with E-state index in [2.05, 4.69) is 20.9 Å². The lowest BCUT2D eigenvalue weighted by molar-refractivity contribution is -0.145. The first-order chi connectivity index (χ1) is 15.3. The number of pyridine rings is 1. The normalized spacial score (nSPS) is 15.6. The van der Waals surface area contributed by atoms with E-state index in [0.29, 0.717) is 9.99 Å². The number of para-hydroxylation sites is 1.